The van der Waals surface area contributed by atoms with Crippen molar-refractivity contribution in [1.82, 2.24) is 4.90 Å². The zero-order chi connectivity index (χ0) is 12.7. The summed E-state index contributed by atoms with van der Waals surface area (Å²) >= 11 is 0. The maximum Gasteiger partial charge on any atom is 2.00 e. The normalized spacial score (nSPS) is 15.2. The van der Waals surface area contributed by atoms with Crippen LogP contribution in [0.2, 0.25) is 0 Å². The zero-order valence-electron chi connectivity index (χ0n) is 13.0. The number of hydrogen-bond donors (Lipinski definition) is 0. The first-order valence-electron chi connectivity index (χ1n) is 5.70. The molecule has 0 aliphatic heterocycles. The first kappa shape index (κ1) is 23.9. The van der Waals surface area contributed by atoms with Gasteiger partial charge in [0.15, 0.2) is 0 Å². The summed E-state index contributed by atoms with van der Waals surface area (Å²) in [5, 5.41) is 10.6. The third kappa shape index (κ3) is 7.44. The molecule has 3 heteroatoms. The molecule has 0 aromatic heterocycles. The van der Waals surface area contributed by atoms with E-state index in [-0.39, 0.29) is 31.9 Å². The number of allylic oxidation sites excluding steroid dienone is 3. The fourth-order valence-electron chi connectivity index (χ4n) is 1.53. The van der Waals surface area contributed by atoms with Crippen LogP contribution in [0.1, 0.15) is 6.92 Å². The summed E-state index contributed by atoms with van der Waals surface area (Å²) in [5.74, 6) is 0. The molecule has 114 valence electrons. The zero-order valence-corrected chi connectivity index (χ0v) is 14.1. The van der Waals surface area contributed by atoms with Crippen LogP contribution >= 0.6 is 0 Å². The van der Waals surface area contributed by atoms with Crippen LogP contribution in [0.3, 0.4) is 0 Å². The van der Waals surface area contributed by atoms with Gasteiger partial charge in [-0.15, -0.1) is 6.26 Å². The van der Waals surface area contributed by atoms with Crippen LogP contribution < -0.4 is 5.11 Å². The Kier molecular flexibility index (Phi) is 15.4. The van der Waals surface area contributed by atoms with Crippen LogP contribution in [0, 0.1) is 14.9 Å². The van der Waals surface area contributed by atoms with Crippen molar-refractivity contribution in [3.05, 3.63) is 80.8 Å². The van der Waals surface area contributed by atoms with E-state index in [1.807, 2.05) is 62.7 Å². The van der Waals surface area contributed by atoms with Gasteiger partial charge in [-0.25, -0.2) is 12.1 Å². The second kappa shape index (κ2) is 12.9. The Hall–Kier alpha value is -1.15. The maximum absolute atomic E-state index is 10.6. The van der Waals surface area contributed by atoms with Gasteiger partial charge in [-0.05, 0) is 32.2 Å². The molecule has 1 aromatic rings. The molecule has 2 rings (SSSR count). The molecule has 0 N–H and O–H groups in total. The van der Waals surface area contributed by atoms with Crippen molar-refractivity contribution in [2.24, 2.45) is 0 Å². The summed E-state index contributed by atoms with van der Waals surface area (Å²) in [7, 11) is 4.01. The number of hydrogen-bond acceptors (Lipinski definition) is 2. The molecule has 0 spiro atoms. The van der Waals surface area contributed by atoms with Crippen molar-refractivity contribution in [2.45, 2.75) is 13.0 Å². The van der Waals surface area contributed by atoms with E-state index in [0.717, 1.165) is 17.4 Å². The average molecular weight is 315 g/mol. The molecule has 2 nitrogen and oxygen atoms in total. The predicted molar refractivity (Wildman–Crippen MR) is 83.3 cm³/mol. The monoisotopic (exact) mass is 315 g/mol. The summed E-state index contributed by atoms with van der Waals surface area (Å²) in [6.07, 6.45) is 6.67. The molecule has 0 heterocycles. The maximum atomic E-state index is 10.6. The first-order chi connectivity index (χ1) is 8.16. The molecule has 1 aliphatic rings. The molecule has 1 atom stereocenters. The van der Waals surface area contributed by atoms with Crippen LogP contribution in [-0.2, 0) is 17.1 Å². The largest absolute Gasteiger partial charge is 2.00 e. The summed E-state index contributed by atoms with van der Waals surface area (Å²) in [6.45, 7) is 2.09. The van der Waals surface area contributed by atoms with E-state index in [4.69, 9.17) is 0 Å². The Bertz CT molecular complexity index is 385. The Morgan fingerprint density at radius 3 is 2.10 bits per heavy atom. The van der Waals surface area contributed by atoms with Crippen molar-refractivity contribution in [2.75, 3.05) is 14.1 Å². The second-order valence-electron chi connectivity index (χ2n) is 4.16. The molecule has 0 unspecified atom stereocenters. The number of nitrogens with zero attached hydrogens (tertiary/aromatic N) is 1. The van der Waals surface area contributed by atoms with E-state index >= 15 is 0 Å². The molecular formula is C17H25FeNO-2. The van der Waals surface area contributed by atoms with Gasteiger partial charge < -0.3 is 24.9 Å². The molecule has 0 radical (unpaired) electrons. The minimum Gasteiger partial charge on any atom is -0.877 e. The molecule has 0 saturated carbocycles. The number of rotatable bonds is 2. The summed E-state index contributed by atoms with van der Waals surface area (Å²) in [4.78, 5) is 2.09. The van der Waals surface area contributed by atoms with Gasteiger partial charge in [0.1, 0.15) is 0 Å². The van der Waals surface area contributed by atoms with E-state index in [1.165, 1.54) is 0 Å². The van der Waals surface area contributed by atoms with Gasteiger partial charge in [0.25, 0.3) is 0 Å². The van der Waals surface area contributed by atoms with Crippen LogP contribution in [-0.4, -0.2) is 25.0 Å². The fourth-order valence-corrected chi connectivity index (χ4v) is 1.53. The quantitative estimate of drug-likeness (QED) is 0.476. The molecule has 20 heavy (non-hydrogen) atoms. The average Bonchev–Trinajstić information content (AvgIpc) is 3.01. The van der Waals surface area contributed by atoms with Crippen molar-refractivity contribution in [3.63, 3.8) is 0 Å². The van der Waals surface area contributed by atoms with Gasteiger partial charge in [0.05, 0.1) is 0 Å². The van der Waals surface area contributed by atoms with E-state index in [9.17, 15) is 5.11 Å². The third-order valence-corrected chi connectivity index (χ3v) is 2.79. The Morgan fingerprint density at radius 2 is 1.75 bits per heavy atom. The van der Waals surface area contributed by atoms with Crippen molar-refractivity contribution in [1.29, 1.82) is 0 Å². The van der Waals surface area contributed by atoms with Crippen LogP contribution in [0.25, 0.3) is 0 Å². The van der Waals surface area contributed by atoms with Crippen LogP contribution in [0.15, 0.2) is 66.0 Å². The van der Waals surface area contributed by atoms with Gasteiger partial charge in [-0.2, -0.15) is 18.2 Å². The van der Waals surface area contributed by atoms with E-state index < -0.39 is 0 Å². The first-order valence-corrected chi connectivity index (χ1v) is 5.70. The molecular weight excluding hydrogens is 290 g/mol. The standard InChI is InChI=1S/C10H15NO.C5H5.2CH3.Fe/c1-8(11(2)3)10-6-4-5-9(10)7-12;1-2-4-5-3-1;;;/h4-8,12H,1-3H3;1-5H;2*1H3;/q;3*-1;+2/p-1/b9-7+;;;;/t8-;;;;/m0..../s1. The molecule has 0 bridgehead atoms. The van der Waals surface area contributed by atoms with E-state index in [0.29, 0.717) is 6.04 Å². The summed E-state index contributed by atoms with van der Waals surface area (Å²) in [6, 6.07) is 10.3. The van der Waals surface area contributed by atoms with Crippen LogP contribution in [0.4, 0.5) is 0 Å². The van der Waals surface area contributed by atoms with Crippen molar-refractivity contribution in [3.8, 4) is 0 Å². The van der Waals surface area contributed by atoms with E-state index in [1.54, 1.807) is 0 Å². The van der Waals surface area contributed by atoms with Gasteiger partial charge >= 0.3 is 17.1 Å². The summed E-state index contributed by atoms with van der Waals surface area (Å²) < 4.78 is 0. The number of likely N-dealkylation sites (N-methyl/N-ethyl adjacent to an activating group) is 1. The SMILES string of the molecule is C[C@@H](C1=CC=C/C1=C\[O-])N(C)C.[CH3-].[CH3-].[Fe+2].c1cc[cH-]c1. The molecule has 0 fully saturated rings. The van der Waals surface area contributed by atoms with Crippen LogP contribution in [0.5, 0.6) is 0 Å². The van der Waals surface area contributed by atoms with E-state index in [2.05, 4.69) is 11.8 Å². The van der Waals surface area contributed by atoms with Gasteiger partial charge in [0, 0.05) is 6.04 Å². The molecule has 0 amide bonds. The van der Waals surface area contributed by atoms with Gasteiger partial charge in [0.2, 0.25) is 0 Å². The smallest absolute Gasteiger partial charge is 0.877 e. The Balaban J connectivity index is -0.000000312. The topological polar surface area (TPSA) is 26.3 Å². The van der Waals surface area contributed by atoms with Gasteiger partial charge in [-0.1, -0.05) is 18.2 Å². The fraction of sp³-hybridized carbons (Fsp3) is 0.235. The minimum absolute atomic E-state index is 0. The Labute approximate surface area is 135 Å². The van der Waals surface area contributed by atoms with Crippen molar-refractivity contribution >= 4 is 0 Å². The molecule has 1 aliphatic carbocycles. The van der Waals surface area contributed by atoms with Gasteiger partial charge in [-0.3, -0.25) is 0 Å². The predicted octanol–water partition coefficient (Wildman–Crippen LogP) is 2.98. The minimum atomic E-state index is 0. The Morgan fingerprint density at radius 1 is 1.20 bits per heavy atom. The second-order valence-corrected chi connectivity index (χ2v) is 4.16. The molecule has 0 saturated heterocycles. The molecule has 1 aromatic carbocycles. The third-order valence-electron chi connectivity index (χ3n) is 2.79. The summed E-state index contributed by atoms with van der Waals surface area (Å²) in [5.41, 5.74) is 1.91. The van der Waals surface area contributed by atoms with Crippen molar-refractivity contribution < 1.29 is 22.2 Å².